The van der Waals surface area contributed by atoms with Crippen LogP contribution in [-0.2, 0) is 6.42 Å². The maximum absolute atomic E-state index is 12.8. The van der Waals surface area contributed by atoms with E-state index in [0.29, 0.717) is 5.82 Å². The molecule has 90 valence electrons. The minimum Gasteiger partial charge on any atom is -0.370 e. The second kappa shape index (κ2) is 5.43. The molecule has 17 heavy (non-hydrogen) atoms. The van der Waals surface area contributed by atoms with Gasteiger partial charge in [-0.25, -0.2) is 4.98 Å². The summed E-state index contributed by atoms with van der Waals surface area (Å²) in [5.74, 6) is 0.120. The summed E-state index contributed by atoms with van der Waals surface area (Å²) < 4.78 is 12.8. The molecule has 0 bridgehead atoms. The van der Waals surface area contributed by atoms with Gasteiger partial charge in [-0.2, -0.15) is 9.49 Å². The van der Waals surface area contributed by atoms with Gasteiger partial charge >= 0.3 is 0 Å². The molecule has 4 nitrogen and oxygen atoms in total. The normalized spacial score (nSPS) is 10.5. The molecule has 2 N–H and O–H groups in total. The maximum atomic E-state index is 12.8. The molecule has 2 heterocycles. The molecule has 0 aliphatic carbocycles. The van der Waals surface area contributed by atoms with Crippen LogP contribution in [0.5, 0.6) is 0 Å². The standard InChI is InChI=1S/C12H15FN4/c1-9-10(8-15-17-9)4-3-7-14-12-6-2-5-11(13)16-12/h2,5-6,8H,3-4,7H2,1H3,(H,14,16)(H,15,17). The Morgan fingerprint density at radius 3 is 3.00 bits per heavy atom. The van der Waals surface area contributed by atoms with E-state index in [1.165, 1.54) is 11.6 Å². The Labute approximate surface area is 99.3 Å². The zero-order valence-corrected chi connectivity index (χ0v) is 9.70. The Bertz CT molecular complexity index is 481. The number of hydrogen-bond donors (Lipinski definition) is 2. The molecule has 0 saturated heterocycles. The van der Waals surface area contributed by atoms with Crippen molar-refractivity contribution in [3.05, 3.63) is 41.6 Å². The van der Waals surface area contributed by atoms with Crippen LogP contribution in [0.3, 0.4) is 0 Å². The molecule has 0 radical (unpaired) electrons. The second-order valence-corrected chi connectivity index (χ2v) is 3.90. The van der Waals surface area contributed by atoms with Crippen molar-refractivity contribution >= 4 is 5.82 Å². The van der Waals surface area contributed by atoms with Crippen LogP contribution in [0, 0.1) is 12.9 Å². The Morgan fingerprint density at radius 1 is 1.41 bits per heavy atom. The molecule has 2 aromatic rings. The molecule has 2 rings (SSSR count). The number of rotatable bonds is 5. The van der Waals surface area contributed by atoms with Crippen molar-refractivity contribution in [2.24, 2.45) is 0 Å². The highest BCUT2D eigenvalue weighted by Crippen LogP contribution is 2.07. The molecule has 0 aliphatic rings. The number of halogens is 1. The van der Waals surface area contributed by atoms with Gasteiger partial charge in [0.2, 0.25) is 5.95 Å². The number of aryl methyl sites for hydroxylation is 2. The summed E-state index contributed by atoms with van der Waals surface area (Å²) in [6.45, 7) is 2.77. The van der Waals surface area contributed by atoms with E-state index in [2.05, 4.69) is 20.5 Å². The fourth-order valence-electron chi connectivity index (χ4n) is 1.63. The molecule has 0 aromatic carbocycles. The average Bonchev–Trinajstić information content (AvgIpc) is 2.71. The summed E-state index contributed by atoms with van der Waals surface area (Å²) in [5.41, 5.74) is 2.33. The lowest BCUT2D eigenvalue weighted by atomic mass is 10.1. The van der Waals surface area contributed by atoms with Gasteiger partial charge in [-0.05, 0) is 37.5 Å². The molecular formula is C12H15FN4. The third kappa shape index (κ3) is 3.27. The molecule has 0 aliphatic heterocycles. The van der Waals surface area contributed by atoms with E-state index >= 15 is 0 Å². The summed E-state index contributed by atoms with van der Waals surface area (Å²) in [6, 6.07) is 4.73. The molecule has 2 aromatic heterocycles. The summed E-state index contributed by atoms with van der Waals surface area (Å²) in [4.78, 5) is 3.73. The lowest BCUT2D eigenvalue weighted by Gasteiger charge is -2.04. The first-order valence-electron chi connectivity index (χ1n) is 5.61. The number of nitrogens with one attached hydrogen (secondary N) is 2. The van der Waals surface area contributed by atoms with E-state index in [0.717, 1.165) is 25.1 Å². The van der Waals surface area contributed by atoms with E-state index in [1.54, 1.807) is 12.1 Å². The third-order valence-corrected chi connectivity index (χ3v) is 2.58. The summed E-state index contributed by atoms with van der Waals surface area (Å²) in [5, 5.41) is 9.95. The van der Waals surface area contributed by atoms with Gasteiger partial charge in [-0.15, -0.1) is 0 Å². The average molecular weight is 234 g/mol. The van der Waals surface area contributed by atoms with Gasteiger partial charge in [-0.1, -0.05) is 6.07 Å². The molecular weight excluding hydrogens is 219 g/mol. The van der Waals surface area contributed by atoms with Crippen molar-refractivity contribution in [1.82, 2.24) is 15.2 Å². The van der Waals surface area contributed by atoms with E-state index in [4.69, 9.17) is 0 Å². The number of aromatic nitrogens is 3. The SMILES string of the molecule is Cc1[nH]ncc1CCCNc1cccc(F)n1. The van der Waals surface area contributed by atoms with Crippen LogP contribution in [0.15, 0.2) is 24.4 Å². The van der Waals surface area contributed by atoms with Crippen molar-refractivity contribution < 1.29 is 4.39 Å². The minimum atomic E-state index is -0.458. The Balaban J connectivity index is 1.75. The smallest absolute Gasteiger partial charge is 0.214 e. The van der Waals surface area contributed by atoms with Crippen molar-refractivity contribution in [3.8, 4) is 0 Å². The number of nitrogens with zero attached hydrogens (tertiary/aromatic N) is 2. The first-order chi connectivity index (χ1) is 8.25. The van der Waals surface area contributed by atoms with Crippen LogP contribution >= 0.6 is 0 Å². The van der Waals surface area contributed by atoms with Gasteiger partial charge in [0.15, 0.2) is 0 Å². The van der Waals surface area contributed by atoms with Crippen molar-refractivity contribution in [2.45, 2.75) is 19.8 Å². The second-order valence-electron chi connectivity index (χ2n) is 3.90. The summed E-state index contributed by atoms with van der Waals surface area (Å²) in [6.07, 6.45) is 3.75. The molecule has 0 spiro atoms. The first-order valence-corrected chi connectivity index (χ1v) is 5.61. The number of pyridine rings is 1. The number of aromatic amines is 1. The Morgan fingerprint density at radius 2 is 2.29 bits per heavy atom. The highest BCUT2D eigenvalue weighted by atomic mass is 19.1. The summed E-state index contributed by atoms with van der Waals surface area (Å²) in [7, 11) is 0. The number of H-pyrrole nitrogens is 1. The van der Waals surface area contributed by atoms with E-state index in [-0.39, 0.29) is 0 Å². The van der Waals surface area contributed by atoms with Crippen LogP contribution < -0.4 is 5.32 Å². The van der Waals surface area contributed by atoms with Crippen molar-refractivity contribution in [1.29, 1.82) is 0 Å². The highest BCUT2D eigenvalue weighted by Gasteiger charge is 2.00. The van der Waals surface area contributed by atoms with Gasteiger partial charge in [0.05, 0.1) is 6.20 Å². The van der Waals surface area contributed by atoms with E-state index < -0.39 is 5.95 Å². The van der Waals surface area contributed by atoms with Gasteiger partial charge in [0.1, 0.15) is 5.82 Å². The molecule has 0 saturated carbocycles. The molecule has 0 atom stereocenters. The highest BCUT2D eigenvalue weighted by molar-refractivity contribution is 5.33. The van der Waals surface area contributed by atoms with Crippen molar-refractivity contribution in [2.75, 3.05) is 11.9 Å². The van der Waals surface area contributed by atoms with Crippen molar-refractivity contribution in [3.63, 3.8) is 0 Å². The van der Waals surface area contributed by atoms with Crippen LogP contribution in [0.1, 0.15) is 17.7 Å². The topological polar surface area (TPSA) is 53.6 Å². The van der Waals surface area contributed by atoms with Crippen LogP contribution in [0.25, 0.3) is 0 Å². The predicted molar refractivity (Wildman–Crippen MR) is 64.3 cm³/mol. The van der Waals surface area contributed by atoms with Crippen LogP contribution in [-0.4, -0.2) is 21.7 Å². The molecule has 0 fully saturated rings. The lowest BCUT2D eigenvalue weighted by Crippen LogP contribution is -2.05. The number of anilines is 1. The minimum absolute atomic E-state index is 0.458. The monoisotopic (exact) mass is 234 g/mol. The zero-order valence-electron chi connectivity index (χ0n) is 9.70. The van der Waals surface area contributed by atoms with Gasteiger partial charge in [0.25, 0.3) is 0 Å². The quantitative estimate of drug-likeness (QED) is 0.616. The van der Waals surface area contributed by atoms with Gasteiger partial charge in [0, 0.05) is 12.2 Å². The summed E-state index contributed by atoms with van der Waals surface area (Å²) >= 11 is 0. The van der Waals surface area contributed by atoms with E-state index in [9.17, 15) is 4.39 Å². The predicted octanol–water partition coefficient (Wildman–Crippen LogP) is 2.30. The van der Waals surface area contributed by atoms with E-state index in [1.807, 2.05) is 13.1 Å². The Kier molecular flexibility index (Phi) is 3.69. The fourth-order valence-corrected chi connectivity index (χ4v) is 1.63. The molecule has 0 amide bonds. The zero-order chi connectivity index (χ0) is 12.1. The van der Waals surface area contributed by atoms with Crippen LogP contribution in [0.4, 0.5) is 10.2 Å². The lowest BCUT2D eigenvalue weighted by molar-refractivity contribution is 0.585. The van der Waals surface area contributed by atoms with Gasteiger partial charge < -0.3 is 5.32 Å². The third-order valence-electron chi connectivity index (χ3n) is 2.58. The fraction of sp³-hybridized carbons (Fsp3) is 0.333. The molecule has 0 unspecified atom stereocenters. The first kappa shape index (κ1) is 11.6. The maximum Gasteiger partial charge on any atom is 0.214 e. The number of hydrogen-bond acceptors (Lipinski definition) is 3. The van der Waals surface area contributed by atoms with Gasteiger partial charge in [-0.3, -0.25) is 5.10 Å². The van der Waals surface area contributed by atoms with Crippen LogP contribution in [0.2, 0.25) is 0 Å². The largest absolute Gasteiger partial charge is 0.370 e. The molecule has 5 heteroatoms. The Hall–Kier alpha value is -1.91.